The van der Waals surface area contributed by atoms with E-state index >= 15 is 0 Å². The van der Waals surface area contributed by atoms with Crippen LogP contribution < -0.4 is 5.73 Å². The highest BCUT2D eigenvalue weighted by Crippen LogP contribution is 2.26. The highest BCUT2D eigenvalue weighted by Gasteiger charge is 2.17. The summed E-state index contributed by atoms with van der Waals surface area (Å²) < 4.78 is 22.7. The molecular formula is C14H31NO2S. The molecule has 0 aromatic rings. The van der Waals surface area contributed by atoms with E-state index in [-0.39, 0.29) is 17.5 Å². The topological polar surface area (TPSA) is 60.2 Å². The van der Waals surface area contributed by atoms with Crippen LogP contribution in [0.4, 0.5) is 0 Å². The third-order valence-electron chi connectivity index (χ3n) is 3.14. The molecule has 0 aromatic carbocycles. The minimum Gasteiger partial charge on any atom is -0.328 e. The molecule has 0 spiro atoms. The van der Waals surface area contributed by atoms with Crippen molar-refractivity contribution in [3.8, 4) is 0 Å². The maximum absolute atomic E-state index is 11.3. The summed E-state index contributed by atoms with van der Waals surface area (Å²) in [5.41, 5.74) is 6.41. The first-order valence-corrected chi connectivity index (χ1v) is 8.84. The van der Waals surface area contributed by atoms with Gasteiger partial charge in [0.25, 0.3) is 0 Å². The number of nitrogens with two attached hydrogens (primary N) is 1. The van der Waals surface area contributed by atoms with Crippen molar-refractivity contribution in [3.05, 3.63) is 0 Å². The van der Waals surface area contributed by atoms with Crippen molar-refractivity contribution in [2.24, 2.45) is 17.1 Å². The second-order valence-corrected chi connectivity index (χ2v) is 9.22. The standard InChI is InChI=1S/C14H31NO2S/c1-6-18(16,17)9-7-8-13(15)10-12(2)11-14(3,4)5/h12-13H,6-11,15H2,1-5H3. The van der Waals surface area contributed by atoms with Crippen molar-refractivity contribution in [2.45, 2.75) is 66.3 Å². The van der Waals surface area contributed by atoms with E-state index in [0.717, 1.165) is 19.3 Å². The van der Waals surface area contributed by atoms with Crippen LogP contribution >= 0.6 is 0 Å². The molecule has 0 bridgehead atoms. The second-order valence-electron chi connectivity index (χ2n) is 6.74. The van der Waals surface area contributed by atoms with Gasteiger partial charge in [0.2, 0.25) is 0 Å². The maximum Gasteiger partial charge on any atom is 0.150 e. The first kappa shape index (κ1) is 17.9. The van der Waals surface area contributed by atoms with Crippen LogP contribution in [0.25, 0.3) is 0 Å². The first-order chi connectivity index (χ1) is 8.06. The van der Waals surface area contributed by atoms with E-state index in [1.54, 1.807) is 6.92 Å². The van der Waals surface area contributed by atoms with E-state index in [0.29, 0.717) is 17.8 Å². The van der Waals surface area contributed by atoms with Gasteiger partial charge in [-0.2, -0.15) is 0 Å². The smallest absolute Gasteiger partial charge is 0.150 e. The van der Waals surface area contributed by atoms with Crippen LogP contribution in [0.2, 0.25) is 0 Å². The predicted molar refractivity (Wildman–Crippen MR) is 79.4 cm³/mol. The predicted octanol–water partition coefficient (Wildman–Crippen LogP) is 2.99. The van der Waals surface area contributed by atoms with Gasteiger partial charge < -0.3 is 5.73 Å². The molecule has 0 rings (SSSR count). The molecule has 0 aromatic heterocycles. The largest absolute Gasteiger partial charge is 0.328 e. The Labute approximate surface area is 113 Å². The molecule has 0 aliphatic heterocycles. The molecule has 2 N–H and O–H groups in total. The summed E-state index contributed by atoms with van der Waals surface area (Å²) in [6.45, 7) is 10.6. The van der Waals surface area contributed by atoms with E-state index < -0.39 is 9.84 Å². The molecule has 0 amide bonds. The van der Waals surface area contributed by atoms with Gasteiger partial charge in [-0.05, 0) is 37.0 Å². The average molecular weight is 277 g/mol. The van der Waals surface area contributed by atoms with E-state index in [9.17, 15) is 8.42 Å². The molecule has 0 saturated carbocycles. The normalized spacial score (nSPS) is 16.6. The fourth-order valence-electron chi connectivity index (χ4n) is 2.47. The molecule has 110 valence electrons. The zero-order chi connectivity index (χ0) is 14.4. The molecule has 4 heteroatoms. The molecule has 0 aliphatic rings. The fraction of sp³-hybridized carbons (Fsp3) is 1.00. The van der Waals surface area contributed by atoms with Crippen molar-refractivity contribution in [2.75, 3.05) is 11.5 Å². The molecule has 0 saturated heterocycles. The summed E-state index contributed by atoms with van der Waals surface area (Å²) in [7, 11) is -2.83. The van der Waals surface area contributed by atoms with Crippen LogP contribution in [-0.4, -0.2) is 26.0 Å². The summed E-state index contributed by atoms with van der Waals surface area (Å²) in [5, 5.41) is 0. The molecule has 0 aliphatic carbocycles. The summed E-state index contributed by atoms with van der Waals surface area (Å²) in [5.74, 6) is 1.12. The molecular weight excluding hydrogens is 246 g/mol. The van der Waals surface area contributed by atoms with Gasteiger partial charge in [0.05, 0.1) is 5.75 Å². The Hall–Kier alpha value is -0.0900. The van der Waals surface area contributed by atoms with Crippen LogP contribution in [0.3, 0.4) is 0 Å². The van der Waals surface area contributed by atoms with Crippen molar-refractivity contribution in [1.29, 1.82) is 0 Å². The molecule has 0 fully saturated rings. The van der Waals surface area contributed by atoms with Crippen molar-refractivity contribution in [3.63, 3.8) is 0 Å². The second kappa shape index (κ2) is 7.49. The van der Waals surface area contributed by atoms with Gasteiger partial charge >= 0.3 is 0 Å². The lowest BCUT2D eigenvalue weighted by Gasteiger charge is -2.25. The number of hydrogen-bond donors (Lipinski definition) is 1. The Kier molecular flexibility index (Phi) is 7.45. The van der Waals surface area contributed by atoms with E-state index in [4.69, 9.17) is 5.73 Å². The zero-order valence-electron chi connectivity index (χ0n) is 12.7. The van der Waals surface area contributed by atoms with E-state index in [1.807, 2.05) is 0 Å². The lowest BCUT2D eigenvalue weighted by molar-refractivity contribution is 0.283. The van der Waals surface area contributed by atoms with E-state index in [2.05, 4.69) is 27.7 Å². The van der Waals surface area contributed by atoms with Crippen LogP contribution in [0.15, 0.2) is 0 Å². The molecule has 18 heavy (non-hydrogen) atoms. The number of rotatable bonds is 8. The van der Waals surface area contributed by atoms with Gasteiger partial charge in [-0.25, -0.2) is 8.42 Å². The SMILES string of the molecule is CCS(=O)(=O)CCCC(N)CC(C)CC(C)(C)C. The van der Waals surface area contributed by atoms with Crippen molar-refractivity contribution < 1.29 is 8.42 Å². The minimum absolute atomic E-state index is 0.134. The lowest BCUT2D eigenvalue weighted by atomic mass is 9.82. The van der Waals surface area contributed by atoms with Crippen molar-refractivity contribution in [1.82, 2.24) is 0 Å². The third kappa shape index (κ3) is 9.89. The molecule has 2 unspecified atom stereocenters. The van der Waals surface area contributed by atoms with Gasteiger partial charge in [-0.3, -0.25) is 0 Å². The highest BCUT2D eigenvalue weighted by molar-refractivity contribution is 7.91. The number of sulfone groups is 1. The Morgan fingerprint density at radius 2 is 1.78 bits per heavy atom. The highest BCUT2D eigenvalue weighted by atomic mass is 32.2. The quantitative estimate of drug-likeness (QED) is 0.742. The third-order valence-corrected chi connectivity index (χ3v) is 4.93. The molecule has 2 atom stereocenters. The van der Waals surface area contributed by atoms with Gasteiger partial charge in [-0.15, -0.1) is 0 Å². The summed E-state index contributed by atoms with van der Waals surface area (Å²) in [6, 6.07) is 0.134. The van der Waals surface area contributed by atoms with Crippen LogP contribution in [-0.2, 0) is 9.84 Å². The first-order valence-electron chi connectivity index (χ1n) is 7.02. The summed E-state index contributed by atoms with van der Waals surface area (Å²) in [4.78, 5) is 0. The summed E-state index contributed by atoms with van der Waals surface area (Å²) in [6.07, 6.45) is 3.66. The Bertz CT molecular complexity index is 317. The van der Waals surface area contributed by atoms with Gasteiger partial charge in [0.15, 0.2) is 0 Å². The monoisotopic (exact) mass is 277 g/mol. The molecule has 3 nitrogen and oxygen atoms in total. The molecule has 0 heterocycles. The maximum atomic E-state index is 11.3. The van der Waals surface area contributed by atoms with Crippen LogP contribution in [0, 0.1) is 11.3 Å². The van der Waals surface area contributed by atoms with Crippen molar-refractivity contribution >= 4 is 9.84 Å². The average Bonchev–Trinajstić information content (AvgIpc) is 2.13. The fourth-order valence-corrected chi connectivity index (χ4v) is 3.37. The Morgan fingerprint density at radius 1 is 1.22 bits per heavy atom. The Morgan fingerprint density at radius 3 is 2.22 bits per heavy atom. The lowest BCUT2D eigenvalue weighted by Crippen LogP contribution is -2.25. The van der Waals surface area contributed by atoms with Gasteiger partial charge in [-0.1, -0.05) is 34.6 Å². The van der Waals surface area contributed by atoms with E-state index in [1.165, 1.54) is 0 Å². The molecule has 0 radical (unpaired) electrons. The van der Waals surface area contributed by atoms with Crippen LogP contribution in [0.1, 0.15) is 60.3 Å². The number of hydrogen-bond acceptors (Lipinski definition) is 3. The zero-order valence-corrected chi connectivity index (χ0v) is 13.5. The van der Waals surface area contributed by atoms with Gasteiger partial charge in [0, 0.05) is 11.8 Å². The van der Waals surface area contributed by atoms with Gasteiger partial charge in [0.1, 0.15) is 9.84 Å². The minimum atomic E-state index is -2.83. The van der Waals surface area contributed by atoms with Crippen LogP contribution in [0.5, 0.6) is 0 Å². The Balaban J connectivity index is 3.88. The summed E-state index contributed by atoms with van der Waals surface area (Å²) >= 11 is 0.